The third-order valence-electron chi connectivity index (χ3n) is 4.66. The van der Waals surface area contributed by atoms with Crippen LogP contribution in [0.25, 0.3) is 0 Å². The zero-order valence-electron chi connectivity index (χ0n) is 10.7. The van der Waals surface area contributed by atoms with Crippen molar-refractivity contribution in [1.82, 2.24) is 0 Å². The molecule has 0 amide bonds. The molecule has 1 saturated heterocycles. The molecule has 1 aromatic rings. The molecular weight excluding hydrogens is 250 g/mol. The lowest BCUT2D eigenvalue weighted by Gasteiger charge is -2.49. The van der Waals surface area contributed by atoms with E-state index >= 15 is 0 Å². The smallest absolute Gasteiger partial charge is 0.127 e. The number of rotatable bonds is 2. The van der Waals surface area contributed by atoms with E-state index in [9.17, 15) is 13.9 Å². The molecule has 19 heavy (non-hydrogen) atoms. The van der Waals surface area contributed by atoms with Crippen LogP contribution in [0.4, 0.5) is 8.78 Å². The van der Waals surface area contributed by atoms with Crippen molar-refractivity contribution < 1.29 is 18.6 Å². The van der Waals surface area contributed by atoms with Crippen molar-refractivity contribution in [3.05, 3.63) is 35.4 Å². The van der Waals surface area contributed by atoms with Crippen LogP contribution in [-0.2, 0) is 10.2 Å². The first-order chi connectivity index (χ1) is 9.12. The first-order valence-electron chi connectivity index (χ1n) is 6.83. The average Bonchev–Trinajstić information content (AvgIpc) is 2.34. The Hall–Kier alpha value is -1.00. The molecule has 4 heteroatoms. The molecule has 2 nitrogen and oxygen atoms in total. The van der Waals surface area contributed by atoms with Crippen molar-refractivity contribution >= 4 is 0 Å². The Balaban J connectivity index is 1.92. The Morgan fingerprint density at radius 3 is 2.37 bits per heavy atom. The molecule has 104 valence electrons. The highest BCUT2D eigenvalue weighted by molar-refractivity contribution is 5.31. The molecule has 2 aliphatic rings. The molecule has 3 rings (SSSR count). The second-order valence-electron chi connectivity index (χ2n) is 5.78. The van der Waals surface area contributed by atoms with Crippen LogP contribution in [0.15, 0.2) is 18.2 Å². The molecule has 1 saturated carbocycles. The minimum atomic E-state index is -0.404. The normalized spacial score (nSPS) is 29.8. The quantitative estimate of drug-likeness (QED) is 0.893. The summed E-state index contributed by atoms with van der Waals surface area (Å²) in [5.41, 5.74) is 0.0481. The highest BCUT2D eigenvalue weighted by Gasteiger charge is 2.49. The van der Waals surface area contributed by atoms with Crippen LogP contribution in [0.2, 0.25) is 0 Å². The zero-order valence-corrected chi connectivity index (χ0v) is 10.7. The molecule has 0 bridgehead atoms. The van der Waals surface area contributed by atoms with Gasteiger partial charge in [-0.2, -0.15) is 0 Å². The monoisotopic (exact) mass is 268 g/mol. The summed E-state index contributed by atoms with van der Waals surface area (Å²) in [5.74, 6) is -0.490. The predicted molar refractivity (Wildman–Crippen MR) is 66.8 cm³/mol. The van der Waals surface area contributed by atoms with Gasteiger partial charge in [0.2, 0.25) is 0 Å². The molecule has 2 fully saturated rings. The molecule has 1 N–H and O–H groups in total. The Bertz CT molecular complexity index is 463. The van der Waals surface area contributed by atoms with Gasteiger partial charge in [0.25, 0.3) is 0 Å². The van der Waals surface area contributed by atoms with E-state index in [-0.39, 0.29) is 17.8 Å². The fraction of sp³-hybridized carbons (Fsp3) is 0.600. The summed E-state index contributed by atoms with van der Waals surface area (Å²) in [4.78, 5) is 0. The number of aliphatic hydroxyl groups excluding tert-OH is 1. The summed E-state index contributed by atoms with van der Waals surface area (Å²) < 4.78 is 32.8. The van der Waals surface area contributed by atoms with Gasteiger partial charge in [0.05, 0.1) is 19.3 Å². The first-order valence-corrected chi connectivity index (χ1v) is 6.83. The standard InChI is InChI=1S/C15H18F2O2/c16-11-3-6-14(17)13(7-11)15(8-19-9-15)10-1-4-12(18)5-2-10/h3,6-7,10,12,18H,1-2,4-5,8-9H2. The molecule has 1 heterocycles. The number of hydrogen-bond donors (Lipinski definition) is 1. The zero-order chi connectivity index (χ0) is 13.5. The van der Waals surface area contributed by atoms with Gasteiger partial charge in [0, 0.05) is 11.0 Å². The van der Waals surface area contributed by atoms with Crippen LogP contribution in [0.3, 0.4) is 0 Å². The second-order valence-corrected chi connectivity index (χ2v) is 5.78. The fourth-order valence-electron chi connectivity index (χ4n) is 3.44. The summed E-state index contributed by atoms with van der Waals surface area (Å²) in [7, 11) is 0. The maximum absolute atomic E-state index is 14.0. The molecule has 0 atom stereocenters. The van der Waals surface area contributed by atoms with Crippen molar-refractivity contribution in [3.8, 4) is 0 Å². The lowest BCUT2D eigenvalue weighted by Crippen LogP contribution is -2.54. The van der Waals surface area contributed by atoms with Crippen LogP contribution < -0.4 is 0 Å². The molecule has 0 aromatic heterocycles. The summed E-state index contributed by atoms with van der Waals surface area (Å²) in [6, 6.07) is 3.65. The van der Waals surface area contributed by atoms with Gasteiger partial charge in [-0.3, -0.25) is 0 Å². The van der Waals surface area contributed by atoms with E-state index in [1.165, 1.54) is 12.1 Å². The van der Waals surface area contributed by atoms with Gasteiger partial charge in [-0.15, -0.1) is 0 Å². The number of benzene rings is 1. The van der Waals surface area contributed by atoms with Crippen LogP contribution >= 0.6 is 0 Å². The molecule has 1 aliphatic carbocycles. The predicted octanol–water partition coefficient (Wildman–Crippen LogP) is 2.78. The van der Waals surface area contributed by atoms with Crippen LogP contribution in [0.5, 0.6) is 0 Å². The second kappa shape index (κ2) is 4.84. The molecule has 0 radical (unpaired) electrons. The molecule has 0 unspecified atom stereocenters. The summed E-state index contributed by atoms with van der Waals surface area (Å²) in [6.07, 6.45) is 2.93. The maximum atomic E-state index is 14.0. The summed E-state index contributed by atoms with van der Waals surface area (Å²) >= 11 is 0. The third kappa shape index (κ3) is 2.17. The molecular formula is C15H18F2O2. The van der Waals surface area contributed by atoms with Crippen molar-refractivity contribution in [3.63, 3.8) is 0 Å². The Kier molecular flexibility index (Phi) is 3.31. The fourth-order valence-corrected chi connectivity index (χ4v) is 3.44. The minimum absolute atomic E-state index is 0.244. The van der Waals surface area contributed by atoms with Crippen molar-refractivity contribution in [2.75, 3.05) is 13.2 Å². The van der Waals surface area contributed by atoms with Gasteiger partial charge in [0.15, 0.2) is 0 Å². The van der Waals surface area contributed by atoms with Gasteiger partial charge >= 0.3 is 0 Å². The minimum Gasteiger partial charge on any atom is -0.393 e. The van der Waals surface area contributed by atoms with E-state index in [0.717, 1.165) is 31.7 Å². The first kappa shape index (κ1) is 13.0. The van der Waals surface area contributed by atoms with Gasteiger partial charge < -0.3 is 9.84 Å². The van der Waals surface area contributed by atoms with E-state index in [2.05, 4.69) is 0 Å². The largest absolute Gasteiger partial charge is 0.393 e. The summed E-state index contributed by atoms with van der Waals surface area (Å²) in [6.45, 7) is 0.905. The van der Waals surface area contributed by atoms with E-state index < -0.39 is 11.2 Å². The van der Waals surface area contributed by atoms with E-state index in [0.29, 0.717) is 18.8 Å². The molecule has 1 aliphatic heterocycles. The number of hydrogen-bond acceptors (Lipinski definition) is 2. The highest BCUT2D eigenvalue weighted by atomic mass is 19.1. The molecule has 1 aromatic carbocycles. The Labute approximate surface area is 111 Å². The lowest BCUT2D eigenvalue weighted by molar-refractivity contribution is -0.105. The van der Waals surface area contributed by atoms with E-state index in [4.69, 9.17) is 4.74 Å². The van der Waals surface area contributed by atoms with Crippen LogP contribution in [-0.4, -0.2) is 24.4 Å². The Morgan fingerprint density at radius 1 is 1.11 bits per heavy atom. The van der Waals surface area contributed by atoms with Gasteiger partial charge in [-0.25, -0.2) is 8.78 Å². The number of aliphatic hydroxyl groups is 1. The average molecular weight is 268 g/mol. The maximum Gasteiger partial charge on any atom is 0.127 e. The van der Waals surface area contributed by atoms with Crippen molar-refractivity contribution in [2.24, 2.45) is 5.92 Å². The molecule has 0 spiro atoms. The van der Waals surface area contributed by atoms with Crippen molar-refractivity contribution in [2.45, 2.75) is 37.2 Å². The van der Waals surface area contributed by atoms with Gasteiger partial charge in [-0.1, -0.05) is 0 Å². The van der Waals surface area contributed by atoms with E-state index in [1.807, 2.05) is 0 Å². The topological polar surface area (TPSA) is 29.5 Å². The van der Waals surface area contributed by atoms with Crippen molar-refractivity contribution in [1.29, 1.82) is 0 Å². The number of halogens is 2. The number of ether oxygens (including phenoxy) is 1. The SMILES string of the molecule is OC1CCC(C2(c3cc(F)ccc3F)COC2)CC1. The van der Waals surface area contributed by atoms with Crippen LogP contribution in [0.1, 0.15) is 31.2 Å². The van der Waals surface area contributed by atoms with Gasteiger partial charge in [-0.05, 0) is 49.8 Å². The van der Waals surface area contributed by atoms with Crippen LogP contribution in [0, 0.1) is 17.6 Å². The lowest BCUT2D eigenvalue weighted by atomic mass is 9.63. The van der Waals surface area contributed by atoms with Gasteiger partial charge in [0.1, 0.15) is 11.6 Å². The highest BCUT2D eigenvalue weighted by Crippen LogP contribution is 2.46. The Morgan fingerprint density at radius 2 is 1.79 bits per heavy atom. The third-order valence-corrected chi connectivity index (χ3v) is 4.66. The van der Waals surface area contributed by atoms with E-state index in [1.54, 1.807) is 0 Å². The summed E-state index contributed by atoms with van der Waals surface area (Å²) in [5, 5.41) is 9.59.